The molecule has 0 spiro atoms. The molecule has 0 aliphatic carbocycles. The molecule has 16 heavy (non-hydrogen) atoms. The predicted octanol–water partition coefficient (Wildman–Crippen LogP) is -1.05. The standard InChI is InChI=1S/C9H16N4O3/c1-2-8(15)13(11)9(16)6-4-3-5-7(14)12-10/h2H,1,3-6,10-11H2,(H,12,14). The van der Waals surface area contributed by atoms with Gasteiger partial charge in [0, 0.05) is 12.8 Å². The summed E-state index contributed by atoms with van der Waals surface area (Å²) in [5.74, 6) is 8.63. The summed E-state index contributed by atoms with van der Waals surface area (Å²) in [7, 11) is 0. The summed E-state index contributed by atoms with van der Waals surface area (Å²) in [5.41, 5.74) is 1.98. The Balaban J connectivity index is 3.77. The molecule has 0 saturated heterocycles. The van der Waals surface area contributed by atoms with E-state index in [9.17, 15) is 14.4 Å². The summed E-state index contributed by atoms with van der Waals surface area (Å²) in [5, 5.41) is 0.510. The van der Waals surface area contributed by atoms with Crippen molar-refractivity contribution in [2.75, 3.05) is 0 Å². The Morgan fingerprint density at radius 1 is 1.25 bits per heavy atom. The molecule has 0 bridgehead atoms. The van der Waals surface area contributed by atoms with Crippen molar-refractivity contribution in [3.63, 3.8) is 0 Å². The number of rotatable bonds is 6. The van der Waals surface area contributed by atoms with Crippen LogP contribution in [0, 0.1) is 0 Å². The molecule has 3 amide bonds. The number of nitrogens with two attached hydrogens (primary N) is 2. The van der Waals surface area contributed by atoms with E-state index in [1.807, 2.05) is 5.43 Å². The van der Waals surface area contributed by atoms with Crippen molar-refractivity contribution in [3.05, 3.63) is 12.7 Å². The monoisotopic (exact) mass is 228 g/mol. The van der Waals surface area contributed by atoms with E-state index < -0.39 is 11.8 Å². The summed E-state index contributed by atoms with van der Waals surface area (Å²) in [6.07, 6.45) is 2.27. The van der Waals surface area contributed by atoms with Crippen molar-refractivity contribution >= 4 is 17.7 Å². The van der Waals surface area contributed by atoms with Crippen LogP contribution in [0.3, 0.4) is 0 Å². The normalized spacial score (nSPS) is 9.38. The SMILES string of the molecule is C=CC(=O)N(N)C(=O)CCCCC(=O)NN. The molecule has 0 aromatic rings. The highest BCUT2D eigenvalue weighted by molar-refractivity contribution is 5.99. The van der Waals surface area contributed by atoms with E-state index in [0.717, 1.165) is 6.08 Å². The maximum atomic E-state index is 11.3. The fraction of sp³-hybridized carbons (Fsp3) is 0.444. The van der Waals surface area contributed by atoms with E-state index in [1.165, 1.54) is 0 Å². The lowest BCUT2D eigenvalue weighted by Gasteiger charge is -2.11. The van der Waals surface area contributed by atoms with Crippen molar-refractivity contribution in [2.45, 2.75) is 25.7 Å². The van der Waals surface area contributed by atoms with Crippen LogP contribution in [-0.4, -0.2) is 22.7 Å². The van der Waals surface area contributed by atoms with Crippen LogP contribution in [0.4, 0.5) is 0 Å². The molecule has 0 aromatic heterocycles. The maximum absolute atomic E-state index is 11.3. The Bertz CT molecular complexity index is 290. The first-order valence-corrected chi connectivity index (χ1v) is 4.76. The van der Waals surface area contributed by atoms with Gasteiger partial charge in [-0.25, -0.2) is 16.7 Å². The second-order valence-corrected chi connectivity index (χ2v) is 3.08. The zero-order valence-corrected chi connectivity index (χ0v) is 8.94. The fourth-order valence-electron chi connectivity index (χ4n) is 0.976. The van der Waals surface area contributed by atoms with E-state index in [1.54, 1.807) is 0 Å². The molecule has 90 valence electrons. The number of hydrazine groups is 2. The topological polar surface area (TPSA) is 119 Å². The van der Waals surface area contributed by atoms with Gasteiger partial charge in [-0.05, 0) is 18.9 Å². The van der Waals surface area contributed by atoms with Gasteiger partial charge >= 0.3 is 0 Å². The van der Waals surface area contributed by atoms with Crippen LogP contribution in [0.1, 0.15) is 25.7 Å². The predicted molar refractivity (Wildman–Crippen MR) is 57.0 cm³/mol. The number of nitrogens with zero attached hydrogens (tertiary/aromatic N) is 1. The molecule has 0 atom stereocenters. The van der Waals surface area contributed by atoms with E-state index >= 15 is 0 Å². The quantitative estimate of drug-likeness (QED) is 0.176. The summed E-state index contributed by atoms with van der Waals surface area (Å²) in [6.45, 7) is 3.20. The van der Waals surface area contributed by atoms with Crippen LogP contribution in [0.2, 0.25) is 0 Å². The number of imide groups is 1. The largest absolute Gasteiger partial charge is 0.294 e. The van der Waals surface area contributed by atoms with Gasteiger partial charge in [0.1, 0.15) is 0 Å². The average molecular weight is 228 g/mol. The lowest BCUT2D eigenvalue weighted by atomic mass is 10.2. The smallest absolute Gasteiger partial charge is 0.266 e. The molecule has 0 aromatic carbocycles. The van der Waals surface area contributed by atoms with Gasteiger partial charge in [-0.1, -0.05) is 6.58 Å². The molecule has 0 saturated carbocycles. The van der Waals surface area contributed by atoms with Crippen LogP contribution in [0.25, 0.3) is 0 Å². The molecule has 0 aliphatic rings. The first-order chi connectivity index (χ1) is 7.52. The van der Waals surface area contributed by atoms with Gasteiger partial charge in [0.05, 0.1) is 0 Å². The summed E-state index contributed by atoms with van der Waals surface area (Å²) < 4.78 is 0. The molecule has 0 unspecified atom stereocenters. The molecule has 5 N–H and O–H groups in total. The van der Waals surface area contributed by atoms with Gasteiger partial charge in [-0.3, -0.25) is 19.8 Å². The van der Waals surface area contributed by atoms with Gasteiger partial charge in [0.25, 0.3) is 5.91 Å². The highest BCUT2D eigenvalue weighted by Gasteiger charge is 2.14. The van der Waals surface area contributed by atoms with Crippen molar-refractivity contribution in [1.29, 1.82) is 0 Å². The number of unbranched alkanes of at least 4 members (excludes halogenated alkanes) is 1. The van der Waals surface area contributed by atoms with Crippen LogP contribution in [-0.2, 0) is 14.4 Å². The molecule has 0 aliphatic heterocycles. The molecule has 0 radical (unpaired) electrons. The van der Waals surface area contributed by atoms with Crippen molar-refractivity contribution in [2.24, 2.45) is 11.7 Å². The number of hydrogen-bond donors (Lipinski definition) is 3. The minimum atomic E-state index is -0.648. The van der Waals surface area contributed by atoms with Crippen molar-refractivity contribution < 1.29 is 14.4 Å². The van der Waals surface area contributed by atoms with E-state index in [4.69, 9.17) is 11.7 Å². The molecule has 0 heterocycles. The van der Waals surface area contributed by atoms with Crippen molar-refractivity contribution in [1.82, 2.24) is 10.4 Å². The third-order valence-corrected chi connectivity index (χ3v) is 1.89. The Labute approximate surface area is 93.4 Å². The highest BCUT2D eigenvalue weighted by Crippen LogP contribution is 2.01. The molecule has 7 nitrogen and oxygen atoms in total. The Kier molecular flexibility index (Phi) is 6.73. The first kappa shape index (κ1) is 14.3. The summed E-state index contributed by atoms with van der Waals surface area (Å²) >= 11 is 0. The van der Waals surface area contributed by atoms with Gasteiger partial charge in [0.15, 0.2) is 0 Å². The second-order valence-electron chi connectivity index (χ2n) is 3.08. The lowest BCUT2D eigenvalue weighted by molar-refractivity contribution is -0.142. The first-order valence-electron chi connectivity index (χ1n) is 4.76. The van der Waals surface area contributed by atoms with Crippen LogP contribution in [0.15, 0.2) is 12.7 Å². The Morgan fingerprint density at radius 3 is 2.31 bits per heavy atom. The molecule has 0 fully saturated rings. The molecule has 0 rings (SSSR count). The average Bonchev–Trinajstić information content (AvgIpc) is 2.31. The van der Waals surface area contributed by atoms with Crippen LogP contribution >= 0.6 is 0 Å². The third kappa shape index (κ3) is 5.23. The zero-order chi connectivity index (χ0) is 12.6. The number of carbonyl (C=O) groups excluding carboxylic acids is 3. The van der Waals surface area contributed by atoms with Crippen LogP contribution in [0.5, 0.6) is 0 Å². The van der Waals surface area contributed by atoms with Gasteiger partial charge in [0.2, 0.25) is 11.8 Å². The Hall–Kier alpha value is -1.73. The Morgan fingerprint density at radius 2 is 1.81 bits per heavy atom. The molecular weight excluding hydrogens is 212 g/mol. The van der Waals surface area contributed by atoms with Crippen molar-refractivity contribution in [3.8, 4) is 0 Å². The minimum absolute atomic E-state index is 0.105. The lowest BCUT2D eigenvalue weighted by Crippen LogP contribution is -2.41. The molecule has 7 heteroatoms. The molecular formula is C9H16N4O3. The second kappa shape index (κ2) is 7.55. The number of carbonyl (C=O) groups is 3. The third-order valence-electron chi connectivity index (χ3n) is 1.89. The summed E-state index contributed by atoms with van der Waals surface area (Å²) in [6, 6.07) is 0. The maximum Gasteiger partial charge on any atom is 0.266 e. The summed E-state index contributed by atoms with van der Waals surface area (Å²) in [4.78, 5) is 32.9. The fourth-order valence-corrected chi connectivity index (χ4v) is 0.976. The van der Waals surface area contributed by atoms with E-state index in [-0.39, 0.29) is 18.7 Å². The zero-order valence-electron chi connectivity index (χ0n) is 8.94. The van der Waals surface area contributed by atoms with Gasteiger partial charge in [-0.15, -0.1) is 0 Å². The van der Waals surface area contributed by atoms with Gasteiger partial charge in [-0.2, -0.15) is 0 Å². The number of hydrogen-bond acceptors (Lipinski definition) is 5. The number of nitrogens with one attached hydrogen (secondary N) is 1. The highest BCUT2D eigenvalue weighted by atomic mass is 16.2. The number of amides is 3. The minimum Gasteiger partial charge on any atom is -0.294 e. The van der Waals surface area contributed by atoms with E-state index in [0.29, 0.717) is 17.9 Å². The van der Waals surface area contributed by atoms with Gasteiger partial charge < -0.3 is 0 Å². The van der Waals surface area contributed by atoms with E-state index in [2.05, 4.69) is 6.58 Å². The van der Waals surface area contributed by atoms with Crippen LogP contribution < -0.4 is 17.1 Å².